The molecule has 1 aromatic heterocycles. The molecule has 0 bridgehead atoms. The highest BCUT2D eigenvalue weighted by Gasteiger charge is 2.12. The lowest BCUT2D eigenvalue weighted by molar-refractivity contribution is -0.115. The Morgan fingerprint density at radius 2 is 1.90 bits per heavy atom. The van der Waals surface area contributed by atoms with Gasteiger partial charge < -0.3 is 9.84 Å². The standard InChI is InChI=1S/C16H13BrN2O2/c17-10-11-5-7-12(8-6-11)18-16(20)9-14-13-3-1-2-4-15(13)21-19-14/h1-8H,9-10H2,(H,18,20). The number of hydrogen-bond acceptors (Lipinski definition) is 3. The predicted octanol–water partition coefficient (Wildman–Crippen LogP) is 3.90. The topological polar surface area (TPSA) is 55.1 Å². The van der Waals surface area contributed by atoms with Gasteiger partial charge in [0.05, 0.1) is 6.42 Å². The van der Waals surface area contributed by atoms with E-state index in [4.69, 9.17) is 4.52 Å². The van der Waals surface area contributed by atoms with Crippen LogP contribution in [0.5, 0.6) is 0 Å². The molecule has 0 aliphatic carbocycles. The van der Waals surface area contributed by atoms with Crippen molar-refractivity contribution in [3.05, 3.63) is 59.8 Å². The van der Waals surface area contributed by atoms with Crippen molar-refractivity contribution >= 4 is 38.5 Å². The number of carbonyl (C=O) groups is 1. The van der Waals surface area contributed by atoms with E-state index in [1.54, 1.807) is 0 Å². The monoisotopic (exact) mass is 344 g/mol. The number of para-hydroxylation sites is 1. The van der Waals surface area contributed by atoms with E-state index >= 15 is 0 Å². The lowest BCUT2D eigenvalue weighted by Crippen LogP contribution is -2.14. The van der Waals surface area contributed by atoms with Gasteiger partial charge in [0, 0.05) is 16.4 Å². The summed E-state index contributed by atoms with van der Waals surface area (Å²) in [5.74, 6) is -0.111. The molecule has 1 N–H and O–H groups in total. The number of amides is 1. The minimum absolute atomic E-state index is 0.111. The van der Waals surface area contributed by atoms with Crippen molar-refractivity contribution < 1.29 is 9.32 Å². The SMILES string of the molecule is O=C(Cc1noc2ccccc12)Nc1ccc(CBr)cc1. The highest BCUT2D eigenvalue weighted by Crippen LogP contribution is 2.19. The van der Waals surface area contributed by atoms with Gasteiger partial charge in [-0.15, -0.1) is 0 Å². The summed E-state index contributed by atoms with van der Waals surface area (Å²) in [5, 5.41) is 8.50. The Morgan fingerprint density at radius 1 is 1.14 bits per heavy atom. The van der Waals surface area contributed by atoms with Gasteiger partial charge in [-0.3, -0.25) is 4.79 Å². The van der Waals surface area contributed by atoms with Crippen molar-refractivity contribution in [1.29, 1.82) is 0 Å². The summed E-state index contributed by atoms with van der Waals surface area (Å²) in [6.45, 7) is 0. The summed E-state index contributed by atoms with van der Waals surface area (Å²) >= 11 is 3.39. The lowest BCUT2D eigenvalue weighted by Gasteiger charge is -2.04. The Bertz CT molecular complexity index is 765. The first kappa shape index (κ1) is 13.8. The van der Waals surface area contributed by atoms with Crippen LogP contribution < -0.4 is 5.32 Å². The fourth-order valence-corrected chi connectivity index (χ4v) is 2.47. The van der Waals surface area contributed by atoms with Crippen LogP contribution in [-0.2, 0) is 16.5 Å². The third-order valence-corrected chi connectivity index (χ3v) is 3.82. The van der Waals surface area contributed by atoms with Gasteiger partial charge in [-0.2, -0.15) is 0 Å². The molecule has 0 fully saturated rings. The van der Waals surface area contributed by atoms with Crippen LogP contribution in [0, 0.1) is 0 Å². The summed E-state index contributed by atoms with van der Waals surface area (Å²) < 4.78 is 5.20. The summed E-state index contributed by atoms with van der Waals surface area (Å²) in [4.78, 5) is 12.1. The van der Waals surface area contributed by atoms with Crippen molar-refractivity contribution in [3.63, 3.8) is 0 Å². The van der Waals surface area contributed by atoms with E-state index in [2.05, 4.69) is 26.4 Å². The van der Waals surface area contributed by atoms with Gasteiger partial charge in [0.15, 0.2) is 5.58 Å². The Morgan fingerprint density at radius 3 is 2.67 bits per heavy atom. The number of benzene rings is 2. The summed E-state index contributed by atoms with van der Waals surface area (Å²) in [7, 11) is 0. The van der Waals surface area contributed by atoms with Crippen LogP contribution >= 0.6 is 15.9 Å². The molecule has 1 heterocycles. The second kappa shape index (κ2) is 6.10. The molecular formula is C16H13BrN2O2. The fourth-order valence-electron chi connectivity index (χ4n) is 2.10. The molecule has 4 nitrogen and oxygen atoms in total. The molecule has 3 rings (SSSR count). The smallest absolute Gasteiger partial charge is 0.230 e. The van der Waals surface area contributed by atoms with Gasteiger partial charge in [0.2, 0.25) is 5.91 Å². The maximum absolute atomic E-state index is 12.1. The van der Waals surface area contributed by atoms with E-state index in [9.17, 15) is 4.79 Å². The first-order valence-electron chi connectivity index (χ1n) is 6.54. The average molecular weight is 345 g/mol. The second-order valence-electron chi connectivity index (χ2n) is 4.68. The predicted molar refractivity (Wildman–Crippen MR) is 85.4 cm³/mol. The molecule has 0 radical (unpaired) electrons. The van der Waals surface area contributed by atoms with Crippen LogP contribution in [0.25, 0.3) is 11.0 Å². The van der Waals surface area contributed by atoms with E-state index in [-0.39, 0.29) is 12.3 Å². The van der Waals surface area contributed by atoms with Gasteiger partial charge in [0.1, 0.15) is 5.69 Å². The molecule has 2 aromatic carbocycles. The minimum Gasteiger partial charge on any atom is -0.356 e. The molecule has 0 saturated heterocycles. The molecule has 0 spiro atoms. The zero-order chi connectivity index (χ0) is 14.7. The van der Waals surface area contributed by atoms with Gasteiger partial charge >= 0.3 is 0 Å². The first-order valence-corrected chi connectivity index (χ1v) is 7.66. The maximum Gasteiger partial charge on any atom is 0.230 e. The Hall–Kier alpha value is -2.14. The van der Waals surface area contributed by atoms with Crippen LogP contribution in [0.1, 0.15) is 11.3 Å². The van der Waals surface area contributed by atoms with E-state index < -0.39 is 0 Å². The van der Waals surface area contributed by atoms with Crippen LogP contribution in [0.3, 0.4) is 0 Å². The Labute approximate surface area is 130 Å². The number of alkyl halides is 1. The number of halogens is 1. The van der Waals surface area contributed by atoms with Crippen molar-refractivity contribution in [2.75, 3.05) is 5.32 Å². The second-order valence-corrected chi connectivity index (χ2v) is 5.24. The number of rotatable bonds is 4. The van der Waals surface area contributed by atoms with E-state index in [1.165, 1.54) is 0 Å². The number of fused-ring (bicyclic) bond motifs is 1. The number of nitrogens with zero attached hydrogens (tertiary/aromatic N) is 1. The number of carbonyl (C=O) groups excluding carboxylic acids is 1. The average Bonchev–Trinajstić information content (AvgIpc) is 2.91. The quantitative estimate of drug-likeness (QED) is 0.730. The zero-order valence-corrected chi connectivity index (χ0v) is 12.8. The molecule has 21 heavy (non-hydrogen) atoms. The summed E-state index contributed by atoms with van der Waals surface area (Å²) in [6.07, 6.45) is 0.192. The molecule has 0 unspecified atom stereocenters. The summed E-state index contributed by atoms with van der Waals surface area (Å²) in [6, 6.07) is 15.2. The Kier molecular flexibility index (Phi) is 4.01. The van der Waals surface area contributed by atoms with Crippen LogP contribution in [0.4, 0.5) is 5.69 Å². The third kappa shape index (κ3) is 3.13. The number of nitrogens with one attached hydrogen (secondary N) is 1. The van der Waals surface area contributed by atoms with Gasteiger partial charge in [-0.1, -0.05) is 45.4 Å². The van der Waals surface area contributed by atoms with Crippen molar-refractivity contribution in [2.24, 2.45) is 0 Å². The van der Waals surface area contributed by atoms with Crippen molar-refractivity contribution in [1.82, 2.24) is 5.16 Å². The van der Waals surface area contributed by atoms with Gasteiger partial charge in [-0.25, -0.2) is 0 Å². The molecule has 0 aliphatic heterocycles. The molecule has 106 valence electrons. The molecule has 1 amide bonds. The maximum atomic E-state index is 12.1. The lowest BCUT2D eigenvalue weighted by atomic mass is 10.1. The van der Waals surface area contributed by atoms with Gasteiger partial charge in [0.25, 0.3) is 0 Å². The molecule has 0 saturated carbocycles. The number of aromatic nitrogens is 1. The van der Waals surface area contributed by atoms with Crippen molar-refractivity contribution in [3.8, 4) is 0 Å². The first-order chi connectivity index (χ1) is 10.3. The molecular weight excluding hydrogens is 332 g/mol. The largest absolute Gasteiger partial charge is 0.356 e. The summed E-state index contributed by atoms with van der Waals surface area (Å²) in [5.41, 5.74) is 3.29. The van der Waals surface area contributed by atoms with Crippen LogP contribution in [0.2, 0.25) is 0 Å². The van der Waals surface area contributed by atoms with Crippen LogP contribution in [-0.4, -0.2) is 11.1 Å². The number of anilines is 1. The van der Waals surface area contributed by atoms with E-state index in [0.717, 1.165) is 22.0 Å². The Balaban J connectivity index is 1.71. The highest BCUT2D eigenvalue weighted by atomic mass is 79.9. The fraction of sp³-hybridized carbons (Fsp3) is 0.125. The molecule has 0 aliphatic rings. The highest BCUT2D eigenvalue weighted by molar-refractivity contribution is 9.08. The van der Waals surface area contributed by atoms with Gasteiger partial charge in [-0.05, 0) is 29.8 Å². The van der Waals surface area contributed by atoms with E-state index in [1.807, 2.05) is 48.5 Å². The van der Waals surface area contributed by atoms with Crippen molar-refractivity contribution in [2.45, 2.75) is 11.8 Å². The molecule has 3 aromatic rings. The minimum atomic E-state index is -0.111. The third-order valence-electron chi connectivity index (χ3n) is 3.17. The molecule has 0 atom stereocenters. The normalized spacial score (nSPS) is 10.7. The number of hydrogen-bond donors (Lipinski definition) is 1. The zero-order valence-electron chi connectivity index (χ0n) is 11.2. The van der Waals surface area contributed by atoms with Crippen LogP contribution in [0.15, 0.2) is 53.1 Å². The molecule has 5 heteroatoms. The van der Waals surface area contributed by atoms with E-state index in [0.29, 0.717) is 11.3 Å².